The van der Waals surface area contributed by atoms with Gasteiger partial charge in [-0.3, -0.25) is 4.79 Å². The van der Waals surface area contributed by atoms with E-state index >= 15 is 0 Å². The lowest BCUT2D eigenvalue weighted by Crippen LogP contribution is -2.29. The van der Waals surface area contributed by atoms with Crippen molar-refractivity contribution in [2.75, 3.05) is 17.7 Å². The zero-order valence-corrected chi connectivity index (χ0v) is 10.3. The maximum absolute atomic E-state index is 11.7. The molecule has 2 rings (SSSR count). The smallest absolute Gasteiger partial charge is 0.228 e. The van der Waals surface area contributed by atoms with Crippen molar-refractivity contribution in [1.29, 1.82) is 0 Å². The predicted octanol–water partition coefficient (Wildman–Crippen LogP) is 0.154. The molecule has 1 amide bonds. The van der Waals surface area contributed by atoms with E-state index in [1.807, 2.05) is 0 Å². The summed E-state index contributed by atoms with van der Waals surface area (Å²) in [6.45, 7) is 0.366. The van der Waals surface area contributed by atoms with E-state index in [1.54, 1.807) is 18.2 Å². The van der Waals surface area contributed by atoms with Crippen LogP contribution in [0.4, 0.5) is 5.69 Å². The van der Waals surface area contributed by atoms with Gasteiger partial charge in [0.15, 0.2) is 9.84 Å². The number of benzene rings is 1. The van der Waals surface area contributed by atoms with Gasteiger partial charge in [-0.1, -0.05) is 12.1 Å². The summed E-state index contributed by atoms with van der Waals surface area (Å²) in [4.78, 5) is 13.3. The number of rotatable bonds is 2. The van der Waals surface area contributed by atoms with Crippen LogP contribution in [-0.4, -0.2) is 33.2 Å². The van der Waals surface area contributed by atoms with Gasteiger partial charge in [0.05, 0.1) is 10.6 Å². The molecule has 17 heavy (non-hydrogen) atoms. The summed E-state index contributed by atoms with van der Waals surface area (Å²) < 4.78 is 23.3. The van der Waals surface area contributed by atoms with Crippen LogP contribution in [-0.2, 0) is 14.6 Å². The Balaban J connectivity index is 2.50. The second-order valence-corrected chi connectivity index (χ2v) is 6.19. The average molecular weight is 254 g/mol. The van der Waals surface area contributed by atoms with E-state index in [0.717, 1.165) is 6.26 Å². The molecule has 2 N–H and O–H groups in total. The van der Waals surface area contributed by atoms with Gasteiger partial charge >= 0.3 is 0 Å². The first-order valence-electron chi connectivity index (χ1n) is 5.24. The number of sulfone groups is 1. The Bertz CT molecular complexity index is 554. The molecule has 0 spiro atoms. The number of nitrogens with two attached hydrogens (primary N) is 1. The molecule has 1 aliphatic heterocycles. The fraction of sp³-hybridized carbons (Fsp3) is 0.364. The van der Waals surface area contributed by atoms with Gasteiger partial charge in [0.25, 0.3) is 0 Å². The van der Waals surface area contributed by atoms with Crippen LogP contribution in [0.1, 0.15) is 6.42 Å². The Morgan fingerprint density at radius 1 is 1.35 bits per heavy atom. The second kappa shape index (κ2) is 4.12. The van der Waals surface area contributed by atoms with Crippen LogP contribution in [0.2, 0.25) is 0 Å². The lowest BCUT2D eigenvalue weighted by atomic mass is 10.3. The van der Waals surface area contributed by atoms with Crippen molar-refractivity contribution in [3.63, 3.8) is 0 Å². The van der Waals surface area contributed by atoms with Crippen LogP contribution >= 0.6 is 0 Å². The van der Waals surface area contributed by atoms with Crippen molar-refractivity contribution < 1.29 is 13.2 Å². The lowest BCUT2D eigenvalue weighted by Gasteiger charge is -2.18. The molecule has 1 aromatic rings. The number of anilines is 1. The molecule has 1 saturated heterocycles. The monoisotopic (exact) mass is 254 g/mol. The SMILES string of the molecule is CS(=O)(=O)c1ccccc1N1CC(N)CC1=O. The number of nitrogens with zero attached hydrogens (tertiary/aromatic N) is 1. The maximum Gasteiger partial charge on any atom is 0.228 e. The summed E-state index contributed by atoms with van der Waals surface area (Å²) in [5, 5.41) is 0. The van der Waals surface area contributed by atoms with E-state index in [-0.39, 0.29) is 23.3 Å². The Hall–Kier alpha value is -1.40. The molecule has 0 aliphatic carbocycles. The highest BCUT2D eigenvalue weighted by Gasteiger charge is 2.30. The Morgan fingerprint density at radius 3 is 2.53 bits per heavy atom. The minimum Gasteiger partial charge on any atom is -0.326 e. The summed E-state index contributed by atoms with van der Waals surface area (Å²) in [6, 6.07) is 6.26. The van der Waals surface area contributed by atoms with Gasteiger partial charge in [0.2, 0.25) is 5.91 Å². The van der Waals surface area contributed by atoms with E-state index in [9.17, 15) is 13.2 Å². The minimum absolute atomic E-state index is 0.131. The zero-order valence-electron chi connectivity index (χ0n) is 9.46. The van der Waals surface area contributed by atoms with E-state index in [4.69, 9.17) is 5.73 Å². The number of hydrogen-bond acceptors (Lipinski definition) is 4. The summed E-state index contributed by atoms with van der Waals surface area (Å²) in [7, 11) is -3.35. The summed E-state index contributed by atoms with van der Waals surface area (Å²) in [6.07, 6.45) is 1.39. The van der Waals surface area contributed by atoms with Gasteiger partial charge in [-0.25, -0.2) is 8.42 Å². The van der Waals surface area contributed by atoms with E-state index in [1.165, 1.54) is 11.0 Å². The second-order valence-electron chi connectivity index (χ2n) is 4.21. The average Bonchev–Trinajstić information content (AvgIpc) is 2.56. The molecular weight excluding hydrogens is 240 g/mol. The highest BCUT2D eigenvalue weighted by molar-refractivity contribution is 7.90. The van der Waals surface area contributed by atoms with Crippen molar-refractivity contribution in [2.24, 2.45) is 5.73 Å². The predicted molar refractivity (Wildman–Crippen MR) is 64.5 cm³/mol. The Morgan fingerprint density at radius 2 is 2.00 bits per heavy atom. The fourth-order valence-corrected chi connectivity index (χ4v) is 2.85. The van der Waals surface area contributed by atoms with Gasteiger partial charge in [-0.15, -0.1) is 0 Å². The van der Waals surface area contributed by atoms with E-state index in [2.05, 4.69) is 0 Å². The topological polar surface area (TPSA) is 80.5 Å². The molecule has 0 bridgehead atoms. The fourth-order valence-electron chi connectivity index (χ4n) is 1.96. The maximum atomic E-state index is 11.7. The number of hydrogen-bond donors (Lipinski definition) is 1. The summed E-state index contributed by atoms with van der Waals surface area (Å²) >= 11 is 0. The molecule has 1 unspecified atom stereocenters. The number of carbonyl (C=O) groups is 1. The van der Waals surface area contributed by atoms with Crippen LogP contribution < -0.4 is 10.6 Å². The lowest BCUT2D eigenvalue weighted by molar-refractivity contribution is -0.117. The summed E-state index contributed by atoms with van der Waals surface area (Å²) in [5.41, 5.74) is 6.12. The summed E-state index contributed by atoms with van der Waals surface area (Å²) in [5.74, 6) is -0.131. The normalized spacial score (nSPS) is 20.9. The minimum atomic E-state index is -3.35. The number of para-hydroxylation sites is 1. The highest BCUT2D eigenvalue weighted by atomic mass is 32.2. The van der Waals surface area contributed by atoms with Crippen LogP contribution in [0.3, 0.4) is 0 Å². The number of amides is 1. The largest absolute Gasteiger partial charge is 0.326 e. The van der Waals surface area contributed by atoms with Crippen LogP contribution in [0.5, 0.6) is 0 Å². The molecule has 1 aromatic carbocycles. The van der Waals surface area contributed by atoms with E-state index in [0.29, 0.717) is 12.2 Å². The highest BCUT2D eigenvalue weighted by Crippen LogP contribution is 2.28. The molecule has 0 aromatic heterocycles. The van der Waals surface area contributed by atoms with Crippen molar-refractivity contribution in [1.82, 2.24) is 0 Å². The first kappa shape index (κ1) is 12.1. The molecule has 92 valence electrons. The number of carbonyl (C=O) groups excluding carboxylic acids is 1. The molecule has 1 atom stereocenters. The molecule has 1 aliphatic rings. The van der Waals surface area contributed by atoms with Crippen molar-refractivity contribution in [2.45, 2.75) is 17.4 Å². The third-order valence-corrected chi connectivity index (χ3v) is 3.85. The zero-order chi connectivity index (χ0) is 12.6. The molecule has 1 fully saturated rings. The van der Waals surface area contributed by atoms with Crippen molar-refractivity contribution >= 4 is 21.4 Å². The van der Waals surface area contributed by atoms with Crippen LogP contribution in [0.15, 0.2) is 29.2 Å². The van der Waals surface area contributed by atoms with Crippen LogP contribution in [0, 0.1) is 0 Å². The molecule has 5 nitrogen and oxygen atoms in total. The first-order chi connectivity index (χ1) is 7.89. The van der Waals surface area contributed by atoms with Crippen molar-refractivity contribution in [3.05, 3.63) is 24.3 Å². The van der Waals surface area contributed by atoms with Gasteiger partial charge in [-0.05, 0) is 12.1 Å². The van der Waals surface area contributed by atoms with Gasteiger partial charge in [0.1, 0.15) is 0 Å². The molecular formula is C11H14N2O3S. The molecule has 6 heteroatoms. The molecule has 0 radical (unpaired) electrons. The Kier molecular flexibility index (Phi) is 2.92. The standard InChI is InChI=1S/C11H14N2O3S/c1-17(15,16)10-5-3-2-4-9(10)13-7-8(12)6-11(13)14/h2-5,8H,6-7,12H2,1H3. The third-order valence-electron chi connectivity index (χ3n) is 2.71. The quantitative estimate of drug-likeness (QED) is 0.815. The third kappa shape index (κ3) is 2.32. The van der Waals surface area contributed by atoms with Gasteiger partial charge in [-0.2, -0.15) is 0 Å². The van der Waals surface area contributed by atoms with Crippen LogP contribution in [0.25, 0.3) is 0 Å². The molecule has 0 saturated carbocycles. The molecule has 1 heterocycles. The van der Waals surface area contributed by atoms with Gasteiger partial charge in [0, 0.05) is 25.3 Å². The first-order valence-corrected chi connectivity index (χ1v) is 7.14. The van der Waals surface area contributed by atoms with Crippen molar-refractivity contribution in [3.8, 4) is 0 Å². The van der Waals surface area contributed by atoms with E-state index < -0.39 is 9.84 Å². The van der Waals surface area contributed by atoms with Gasteiger partial charge < -0.3 is 10.6 Å². The Labute approximate surface area is 100 Å².